The molecular formula is C13H19N3O. The minimum atomic E-state index is 0.0685. The predicted molar refractivity (Wildman–Crippen MR) is 66.8 cm³/mol. The Morgan fingerprint density at radius 3 is 2.59 bits per heavy atom. The average Bonchev–Trinajstić information content (AvgIpc) is 2.25. The molecule has 0 radical (unpaired) electrons. The molecule has 0 saturated heterocycles. The largest absolute Gasteiger partial charge is 0.477 e. The summed E-state index contributed by atoms with van der Waals surface area (Å²) in [5, 5.41) is 8.65. The van der Waals surface area contributed by atoms with E-state index < -0.39 is 0 Å². The van der Waals surface area contributed by atoms with Gasteiger partial charge in [0, 0.05) is 24.2 Å². The number of hydrogen-bond donors (Lipinski definition) is 0. The number of aromatic nitrogens is 1. The third kappa shape index (κ3) is 4.83. The van der Waals surface area contributed by atoms with Crippen molar-refractivity contribution in [3.63, 3.8) is 0 Å². The fraction of sp³-hybridized carbons (Fsp3) is 0.538. The third-order valence-corrected chi connectivity index (χ3v) is 2.22. The summed E-state index contributed by atoms with van der Waals surface area (Å²) in [7, 11) is 4.09. The molecule has 1 aromatic heterocycles. The van der Waals surface area contributed by atoms with Crippen LogP contribution in [0.4, 0.5) is 0 Å². The van der Waals surface area contributed by atoms with Crippen LogP contribution < -0.4 is 4.74 Å². The number of hydrogen-bond acceptors (Lipinski definition) is 4. The van der Waals surface area contributed by atoms with Gasteiger partial charge in [0.15, 0.2) is 0 Å². The van der Waals surface area contributed by atoms with Gasteiger partial charge in [-0.05, 0) is 20.2 Å². The summed E-state index contributed by atoms with van der Waals surface area (Å²) in [5.74, 6) is 0.566. The highest BCUT2D eigenvalue weighted by Gasteiger charge is 2.20. The van der Waals surface area contributed by atoms with Crippen molar-refractivity contribution in [2.75, 3.05) is 27.2 Å². The highest BCUT2D eigenvalue weighted by molar-refractivity contribution is 5.28. The summed E-state index contributed by atoms with van der Waals surface area (Å²) in [6.07, 6.45) is 1.52. The smallest absolute Gasteiger partial charge is 0.213 e. The van der Waals surface area contributed by atoms with Crippen LogP contribution in [-0.4, -0.2) is 37.1 Å². The lowest BCUT2D eigenvalue weighted by molar-refractivity contribution is 0.137. The minimum Gasteiger partial charge on any atom is -0.477 e. The Morgan fingerprint density at radius 2 is 2.12 bits per heavy atom. The number of pyridine rings is 1. The van der Waals surface area contributed by atoms with E-state index in [4.69, 9.17) is 10.00 Å². The second-order valence-electron chi connectivity index (χ2n) is 5.19. The molecule has 0 aliphatic heterocycles. The summed E-state index contributed by atoms with van der Waals surface area (Å²) in [6.45, 7) is 5.85. The molecule has 17 heavy (non-hydrogen) atoms. The molecule has 0 saturated carbocycles. The van der Waals surface area contributed by atoms with Crippen molar-refractivity contribution >= 4 is 0 Å². The van der Waals surface area contributed by atoms with Gasteiger partial charge in [0.1, 0.15) is 6.07 Å². The zero-order valence-corrected chi connectivity index (χ0v) is 10.9. The van der Waals surface area contributed by atoms with Gasteiger partial charge in [-0.1, -0.05) is 13.8 Å². The Kier molecular flexibility index (Phi) is 4.47. The molecule has 4 heteroatoms. The van der Waals surface area contributed by atoms with Crippen molar-refractivity contribution < 1.29 is 4.74 Å². The maximum Gasteiger partial charge on any atom is 0.213 e. The van der Waals surface area contributed by atoms with E-state index >= 15 is 0 Å². The second-order valence-corrected chi connectivity index (χ2v) is 5.19. The first kappa shape index (κ1) is 13.5. The molecule has 0 spiro atoms. The van der Waals surface area contributed by atoms with Crippen molar-refractivity contribution in [2.45, 2.75) is 13.8 Å². The van der Waals surface area contributed by atoms with Crippen molar-refractivity contribution in [3.8, 4) is 11.9 Å². The van der Waals surface area contributed by atoms with E-state index in [0.29, 0.717) is 18.1 Å². The van der Waals surface area contributed by atoms with Crippen molar-refractivity contribution in [1.82, 2.24) is 9.88 Å². The molecule has 4 nitrogen and oxygen atoms in total. The monoisotopic (exact) mass is 233 g/mol. The fourth-order valence-electron chi connectivity index (χ4n) is 1.70. The van der Waals surface area contributed by atoms with Gasteiger partial charge in [-0.15, -0.1) is 0 Å². The zero-order valence-electron chi connectivity index (χ0n) is 10.9. The van der Waals surface area contributed by atoms with Crippen LogP contribution >= 0.6 is 0 Å². The summed E-state index contributed by atoms with van der Waals surface area (Å²) in [5.41, 5.74) is 0.615. The lowest BCUT2D eigenvalue weighted by Crippen LogP contribution is -2.33. The first-order chi connectivity index (χ1) is 7.93. The molecule has 0 aliphatic rings. The van der Waals surface area contributed by atoms with Gasteiger partial charge in [0.05, 0.1) is 12.2 Å². The van der Waals surface area contributed by atoms with Gasteiger partial charge in [0.25, 0.3) is 0 Å². The number of nitrogens with zero attached hydrogens (tertiary/aromatic N) is 3. The minimum absolute atomic E-state index is 0.0685. The molecule has 0 unspecified atom stereocenters. The van der Waals surface area contributed by atoms with Gasteiger partial charge < -0.3 is 9.64 Å². The summed E-state index contributed by atoms with van der Waals surface area (Å²) in [6, 6.07) is 5.46. The number of ether oxygens (including phenoxy) is 1. The molecule has 0 aliphatic carbocycles. The molecular weight excluding hydrogens is 214 g/mol. The van der Waals surface area contributed by atoms with Crippen LogP contribution in [0.25, 0.3) is 0 Å². The van der Waals surface area contributed by atoms with Crippen molar-refractivity contribution in [1.29, 1.82) is 5.26 Å². The maximum atomic E-state index is 8.65. The van der Waals surface area contributed by atoms with Gasteiger partial charge in [-0.3, -0.25) is 0 Å². The van der Waals surface area contributed by atoms with Crippen molar-refractivity contribution in [3.05, 3.63) is 23.9 Å². The van der Waals surface area contributed by atoms with Crippen LogP contribution in [0.3, 0.4) is 0 Å². The molecule has 0 aromatic carbocycles. The zero-order chi connectivity index (χ0) is 12.9. The lowest BCUT2D eigenvalue weighted by atomic mass is 9.94. The maximum absolute atomic E-state index is 8.65. The summed E-state index contributed by atoms with van der Waals surface area (Å²) >= 11 is 0. The molecule has 0 N–H and O–H groups in total. The first-order valence-electron chi connectivity index (χ1n) is 5.57. The second kappa shape index (κ2) is 5.65. The van der Waals surface area contributed by atoms with Crippen LogP contribution in [0.2, 0.25) is 0 Å². The molecule has 0 atom stereocenters. The highest BCUT2D eigenvalue weighted by Crippen LogP contribution is 2.18. The first-order valence-corrected chi connectivity index (χ1v) is 5.57. The number of rotatable bonds is 5. The normalized spacial score (nSPS) is 11.3. The van der Waals surface area contributed by atoms with Gasteiger partial charge in [-0.2, -0.15) is 5.26 Å². The van der Waals surface area contributed by atoms with Gasteiger partial charge in [0.2, 0.25) is 5.88 Å². The summed E-state index contributed by atoms with van der Waals surface area (Å²) in [4.78, 5) is 6.21. The standard InChI is InChI=1S/C13H19N3O/c1-13(2,9-16(3)4)10-17-12-6-5-11(7-14)8-15-12/h5-6,8H,9-10H2,1-4H3. The van der Waals surface area contributed by atoms with Crippen LogP contribution in [0.15, 0.2) is 18.3 Å². The van der Waals surface area contributed by atoms with E-state index in [0.717, 1.165) is 6.54 Å². The summed E-state index contributed by atoms with van der Waals surface area (Å²) < 4.78 is 5.62. The Labute approximate surface area is 103 Å². The molecule has 1 rings (SSSR count). The highest BCUT2D eigenvalue weighted by atomic mass is 16.5. The number of nitriles is 1. The Morgan fingerprint density at radius 1 is 1.41 bits per heavy atom. The molecule has 0 amide bonds. The van der Waals surface area contributed by atoms with Gasteiger partial charge in [-0.25, -0.2) is 4.98 Å². The van der Waals surface area contributed by atoms with E-state index in [1.165, 1.54) is 6.20 Å². The van der Waals surface area contributed by atoms with Crippen LogP contribution in [0, 0.1) is 16.7 Å². The SMILES string of the molecule is CN(C)CC(C)(C)COc1ccc(C#N)cn1. The molecule has 1 aromatic rings. The Hall–Kier alpha value is -1.60. The average molecular weight is 233 g/mol. The topological polar surface area (TPSA) is 49.1 Å². The van der Waals surface area contributed by atoms with E-state index in [1.54, 1.807) is 12.1 Å². The lowest BCUT2D eigenvalue weighted by Gasteiger charge is -2.27. The Balaban J connectivity index is 2.52. The van der Waals surface area contributed by atoms with Crippen molar-refractivity contribution in [2.24, 2.45) is 5.41 Å². The van der Waals surface area contributed by atoms with E-state index in [2.05, 4.69) is 23.7 Å². The Bertz CT molecular complexity index is 390. The third-order valence-electron chi connectivity index (χ3n) is 2.22. The molecule has 1 heterocycles. The molecule has 92 valence electrons. The molecule has 0 bridgehead atoms. The van der Waals surface area contributed by atoms with Crippen LogP contribution in [0.1, 0.15) is 19.4 Å². The predicted octanol–water partition coefficient (Wildman–Crippen LogP) is 1.92. The van der Waals surface area contributed by atoms with Crippen LogP contribution in [0.5, 0.6) is 5.88 Å². The van der Waals surface area contributed by atoms with Gasteiger partial charge >= 0.3 is 0 Å². The fourth-order valence-corrected chi connectivity index (χ4v) is 1.70. The van der Waals surface area contributed by atoms with Crippen LogP contribution in [-0.2, 0) is 0 Å². The van der Waals surface area contributed by atoms with E-state index in [1.807, 2.05) is 20.2 Å². The van der Waals surface area contributed by atoms with E-state index in [9.17, 15) is 0 Å². The molecule has 0 fully saturated rings. The quantitative estimate of drug-likeness (QED) is 0.779. The van der Waals surface area contributed by atoms with E-state index in [-0.39, 0.29) is 5.41 Å².